The zero-order chi connectivity index (χ0) is 28.6. The molecule has 0 radical (unpaired) electrons. The second-order valence-corrected chi connectivity index (χ2v) is 11.3. The maximum atomic E-state index is 6.36. The highest BCUT2D eigenvalue weighted by Gasteiger charge is 2.39. The fraction of sp³-hybridized carbons (Fsp3) is 0.206. The van der Waals surface area contributed by atoms with Gasteiger partial charge in [0.25, 0.3) is 0 Å². The molecule has 40 heavy (non-hydrogen) atoms. The standard InChI is InChI=1S/C34H34N4S2/c1-21-17-23(3)29(24(4)18-21)35-31(27-13-9-7-10-14-27)38-33(39)36-32(28-15-11-8-12-16-28)37(34(38)40)30-25(5)19-22(2)20-26(30)6/h7-20,32H,1-6H3,(H,36,39). The molecule has 0 bridgehead atoms. The molecule has 1 unspecified atom stereocenters. The molecule has 0 aliphatic carbocycles. The van der Waals surface area contributed by atoms with E-state index < -0.39 is 0 Å². The summed E-state index contributed by atoms with van der Waals surface area (Å²) in [6, 6.07) is 29.2. The molecule has 1 heterocycles. The Labute approximate surface area is 248 Å². The second-order valence-electron chi connectivity index (χ2n) is 10.5. The van der Waals surface area contributed by atoms with E-state index in [1.807, 2.05) is 41.3 Å². The first-order valence-electron chi connectivity index (χ1n) is 13.4. The van der Waals surface area contributed by atoms with E-state index in [0.717, 1.165) is 44.8 Å². The smallest absolute Gasteiger partial charge is 0.190 e. The van der Waals surface area contributed by atoms with Crippen molar-refractivity contribution in [3.05, 3.63) is 129 Å². The average Bonchev–Trinajstić information content (AvgIpc) is 2.91. The molecular formula is C34H34N4S2. The third kappa shape index (κ3) is 5.29. The molecule has 0 spiro atoms. The van der Waals surface area contributed by atoms with E-state index in [9.17, 15) is 0 Å². The van der Waals surface area contributed by atoms with E-state index in [2.05, 4.69) is 100 Å². The molecule has 1 fully saturated rings. The molecule has 0 saturated carbocycles. The van der Waals surface area contributed by atoms with Crippen molar-refractivity contribution in [3.63, 3.8) is 0 Å². The largest absolute Gasteiger partial charge is 0.337 e. The van der Waals surface area contributed by atoms with E-state index in [1.165, 1.54) is 11.1 Å². The number of aliphatic imine (C=N–C) groups is 1. The van der Waals surface area contributed by atoms with Crippen LogP contribution in [0, 0.1) is 41.5 Å². The SMILES string of the molecule is Cc1cc(C)c(N=C(c2ccccc2)N2C(=S)NC(c3ccccc3)N(c3c(C)cc(C)cc3C)C2=S)c(C)c1. The zero-order valence-electron chi connectivity index (χ0n) is 23.8. The maximum Gasteiger partial charge on any atom is 0.190 e. The summed E-state index contributed by atoms with van der Waals surface area (Å²) < 4.78 is 0. The lowest BCUT2D eigenvalue weighted by Crippen LogP contribution is -2.63. The average molecular weight is 563 g/mol. The van der Waals surface area contributed by atoms with Crippen molar-refractivity contribution in [2.24, 2.45) is 4.99 Å². The Kier molecular flexibility index (Phi) is 7.83. The molecular weight excluding hydrogens is 529 g/mol. The van der Waals surface area contributed by atoms with Crippen LogP contribution in [0.4, 0.5) is 11.4 Å². The molecule has 1 saturated heterocycles. The number of amidine groups is 1. The summed E-state index contributed by atoms with van der Waals surface area (Å²) in [5.74, 6) is 0.692. The highest BCUT2D eigenvalue weighted by Crippen LogP contribution is 2.37. The lowest BCUT2D eigenvalue weighted by molar-refractivity contribution is 0.594. The Morgan fingerprint density at radius 1 is 0.700 bits per heavy atom. The third-order valence-electron chi connectivity index (χ3n) is 7.21. The van der Waals surface area contributed by atoms with Crippen LogP contribution in [0.25, 0.3) is 0 Å². The number of rotatable bonds is 4. The number of benzene rings is 4. The molecule has 202 valence electrons. The first kappa shape index (κ1) is 27.7. The summed E-state index contributed by atoms with van der Waals surface area (Å²) in [7, 11) is 0. The minimum absolute atomic E-state index is 0.266. The molecule has 4 aromatic rings. The van der Waals surface area contributed by atoms with Gasteiger partial charge < -0.3 is 5.32 Å². The van der Waals surface area contributed by atoms with Crippen LogP contribution < -0.4 is 10.2 Å². The number of nitrogens with one attached hydrogen (secondary N) is 1. The number of anilines is 1. The maximum absolute atomic E-state index is 6.36. The van der Waals surface area contributed by atoms with Gasteiger partial charge in [-0.3, -0.25) is 4.90 Å². The molecule has 1 atom stereocenters. The summed E-state index contributed by atoms with van der Waals surface area (Å²) in [6.45, 7) is 12.7. The van der Waals surface area contributed by atoms with Crippen molar-refractivity contribution in [2.45, 2.75) is 47.7 Å². The number of thiocarbonyl (C=S) groups is 2. The van der Waals surface area contributed by atoms with Crippen molar-refractivity contribution in [3.8, 4) is 0 Å². The molecule has 0 aromatic heterocycles. The van der Waals surface area contributed by atoms with Crippen molar-refractivity contribution in [2.75, 3.05) is 4.90 Å². The predicted octanol–water partition coefficient (Wildman–Crippen LogP) is 8.30. The second kappa shape index (κ2) is 11.3. The fourth-order valence-electron chi connectivity index (χ4n) is 5.67. The summed E-state index contributed by atoms with van der Waals surface area (Å²) in [4.78, 5) is 9.39. The molecule has 4 aromatic carbocycles. The van der Waals surface area contributed by atoms with E-state index in [1.54, 1.807) is 0 Å². The van der Waals surface area contributed by atoms with Crippen LogP contribution in [-0.4, -0.2) is 21.0 Å². The number of aryl methyl sites for hydroxylation is 6. The fourth-order valence-corrected chi connectivity index (χ4v) is 6.39. The summed E-state index contributed by atoms with van der Waals surface area (Å²) in [5, 5.41) is 4.72. The van der Waals surface area contributed by atoms with Crippen LogP contribution in [-0.2, 0) is 0 Å². The molecule has 0 amide bonds. The normalized spacial score (nSPS) is 15.8. The van der Waals surface area contributed by atoms with Crippen molar-refractivity contribution >= 4 is 51.9 Å². The van der Waals surface area contributed by atoms with Gasteiger partial charge in [0.15, 0.2) is 10.2 Å². The van der Waals surface area contributed by atoms with Crippen LogP contribution in [0.3, 0.4) is 0 Å². The topological polar surface area (TPSA) is 30.9 Å². The van der Waals surface area contributed by atoms with Gasteiger partial charge >= 0.3 is 0 Å². The van der Waals surface area contributed by atoms with E-state index in [4.69, 9.17) is 29.4 Å². The quantitative estimate of drug-likeness (QED) is 0.154. The van der Waals surface area contributed by atoms with E-state index in [-0.39, 0.29) is 6.17 Å². The van der Waals surface area contributed by atoms with Gasteiger partial charge in [0, 0.05) is 5.56 Å². The van der Waals surface area contributed by atoms with Gasteiger partial charge in [-0.05, 0) is 93.8 Å². The van der Waals surface area contributed by atoms with Crippen LogP contribution in [0.5, 0.6) is 0 Å². The monoisotopic (exact) mass is 562 g/mol. The third-order valence-corrected chi connectivity index (χ3v) is 7.89. The molecule has 5 rings (SSSR count). The van der Waals surface area contributed by atoms with Gasteiger partial charge in [0.2, 0.25) is 0 Å². The van der Waals surface area contributed by atoms with Crippen LogP contribution in [0.15, 0.2) is 89.9 Å². The molecule has 6 heteroatoms. The predicted molar refractivity (Wildman–Crippen MR) is 176 cm³/mol. The molecule has 4 nitrogen and oxygen atoms in total. The zero-order valence-corrected chi connectivity index (χ0v) is 25.5. The number of hydrogen-bond donors (Lipinski definition) is 1. The highest BCUT2D eigenvalue weighted by atomic mass is 32.1. The Morgan fingerprint density at radius 2 is 1.20 bits per heavy atom. The first-order chi connectivity index (χ1) is 19.2. The number of nitrogens with zero attached hydrogens (tertiary/aromatic N) is 3. The van der Waals surface area contributed by atoms with Gasteiger partial charge in [-0.2, -0.15) is 0 Å². The first-order valence-corrected chi connectivity index (χ1v) is 14.3. The van der Waals surface area contributed by atoms with Crippen LogP contribution in [0.2, 0.25) is 0 Å². The van der Waals surface area contributed by atoms with Crippen LogP contribution >= 0.6 is 24.4 Å². The Bertz CT molecular complexity index is 1580. The highest BCUT2D eigenvalue weighted by molar-refractivity contribution is 7.82. The molecule has 1 aliphatic heterocycles. The van der Waals surface area contributed by atoms with Crippen molar-refractivity contribution < 1.29 is 0 Å². The van der Waals surface area contributed by atoms with E-state index in [0.29, 0.717) is 16.1 Å². The Morgan fingerprint density at radius 3 is 1.75 bits per heavy atom. The van der Waals surface area contributed by atoms with Gasteiger partial charge in [-0.25, -0.2) is 9.89 Å². The lowest BCUT2D eigenvalue weighted by atomic mass is 10.0. The van der Waals surface area contributed by atoms with Crippen LogP contribution in [0.1, 0.15) is 50.7 Å². The van der Waals surface area contributed by atoms with Gasteiger partial charge in [0.05, 0.1) is 11.4 Å². The Balaban J connectivity index is 1.73. The molecule has 1 aliphatic rings. The van der Waals surface area contributed by atoms with Gasteiger partial charge in [-0.1, -0.05) is 96.1 Å². The molecule has 1 N–H and O–H groups in total. The summed E-state index contributed by atoms with van der Waals surface area (Å²) in [6.07, 6.45) is -0.266. The van der Waals surface area contributed by atoms with E-state index >= 15 is 0 Å². The minimum atomic E-state index is -0.266. The van der Waals surface area contributed by atoms with Gasteiger partial charge in [0.1, 0.15) is 12.0 Å². The lowest BCUT2D eigenvalue weighted by Gasteiger charge is -2.46. The Hall–Kier alpha value is -3.87. The van der Waals surface area contributed by atoms with Crippen molar-refractivity contribution in [1.29, 1.82) is 0 Å². The number of hydrogen-bond acceptors (Lipinski definition) is 3. The minimum Gasteiger partial charge on any atom is -0.337 e. The van der Waals surface area contributed by atoms with Crippen molar-refractivity contribution in [1.82, 2.24) is 10.2 Å². The van der Waals surface area contributed by atoms with Gasteiger partial charge in [-0.15, -0.1) is 0 Å². The summed E-state index contributed by atoms with van der Waals surface area (Å²) >= 11 is 12.4. The summed E-state index contributed by atoms with van der Waals surface area (Å²) in [5.41, 5.74) is 11.0.